The number of halogens is 1. The van der Waals surface area contributed by atoms with Gasteiger partial charge in [0, 0.05) is 33.1 Å². The van der Waals surface area contributed by atoms with Gasteiger partial charge in [-0.2, -0.15) is 5.10 Å². The lowest BCUT2D eigenvalue weighted by molar-refractivity contribution is -0.115. The number of thiazole rings is 1. The molecule has 3 heterocycles. The highest BCUT2D eigenvalue weighted by Crippen LogP contribution is 2.30. The second-order valence-electron chi connectivity index (χ2n) is 7.67. The molecule has 0 atom stereocenters. The highest BCUT2D eigenvalue weighted by Gasteiger charge is 2.19. The number of aryl methyl sites for hydroxylation is 4. The molecule has 164 valence electrons. The molecule has 0 saturated carbocycles. The Bertz CT molecular complexity index is 1290. The normalized spacial score (nSPS) is 11.1. The van der Waals surface area contributed by atoms with E-state index >= 15 is 0 Å². The molecule has 32 heavy (non-hydrogen) atoms. The number of amides is 1. The minimum absolute atomic E-state index is 0.160. The maximum Gasteiger partial charge on any atom is 0.251 e. The Morgan fingerprint density at radius 2 is 1.69 bits per heavy atom. The predicted octanol–water partition coefficient (Wildman–Crippen LogP) is 4.65. The van der Waals surface area contributed by atoms with Crippen molar-refractivity contribution in [2.24, 2.45) is 0 Å². The predicted molar refractivity (Wildman–Crippen MR) is 123 cm³/mol. The Balaban J connectivity index is 1.53. The van der Waals surface area contributed by atoms with Crippen LogP contribution in [0.1, 0.15) is 33.2 Å². The lowest BCUT2D eigenvalue weighted by Crippen LogP contribution is -2.15. The number of carbonyl (C=O) groups excluding carboxylic acids is 1. The van der Waals surface area contributed by atoms with Crippen LogP contribution in [0.5, 0.6) is 0 Å². The van der Waals surface area contributed by atoms with E-state index in [1.807, 2.05) is 40.7 Å². The summed E-state index contributed by atoms with van der Waals surface area (Å²) in [6.45, 7) is 9.52. The van der Waals surface area contributed by atoms with Gasteiger partial charge in [-0.15, -0.1) is 11.3 Å². The summed E-state index contributed by atoms with van der Waals surface area (Å²) < 4.78 is 14.9. The van der Waals surface area contributed by atoms with Crippen molar-refractivity contribution in [3.05, 3.63) is 69.4 Å². The van der Waals surface area contributed by atoms with E-state index < -0.39 is 0 Å². The van der Waals surface area contributed by atoms with Crippen molar-refractivity contribution in [1.29, 1.82) is 0 Å². The second-order valence-corrected chi connectivity index (χ2v) is 8.87. The van der Waals surface area contributed by atoms with Crippen LogP contribution in [0, 0.1) is 40.4 Å². The summed E-state index contributed by atoms with van der Waals surface area (Å²) in [5, 5.41) is 7.94. The number of anilines is 1. The van der Waals surface area contributed by atoms with E-state index in [0.29, 0.717) is 11.1 Å². The fraction of sp³-hybridized carbons (Fsp3) is 0.261. The van der Waals surface area contributed by atoms with Gasteiger partial charge in [-0.05, 0) is 65.0 Å². The quantitative estimate of drug-likeness (QED) is 0.478. The average Bonchev–Trinajstić information content (AvgIpc) is 3.21. The number of benzene rings is 1. The summed E-state index contributed by atoms with van der Waals surface area (Å²) >= 11 is 1.39. The summed E-state index contributed by atoms with van der Waals surface area (Å²) in [6.07, 6.45) is 0.160. The molecule has 7 nitrogen and oxygen atoms in total. The molecule has 0 aliphatic rings. The number of aromatic nitrogens is 5. The SMILES string of the molecule is Cc1cc(C)nc(-n2nc(C)c(CC(=O)Nc3nc(-c4ccc(F)cc4)c(C)s3)c2C)n1. The first kappa shape index (κ1) is 21.8. The molecular formula is C23H23FN6OS. The van der Waals surface area contributed by atoms with E-state index in [0.717, 1.165) is 44.5 Å². The van der Waals surface area contributed by atoms with Gasteiger partial charge in [-0.25, -0.2) is 24.0 Å². The molecule has 4 aromatic rings. The van der Waals surface area contributed by atoms with Crippen LogP contribution in [0.15, 0.2) is 30.3 Å². The summed E-state index contributed by atoms with van der Waals surface area (Å²) in [6, 6.07) is 8.06. The number of carbonyl (C=O) groups is 1. The van der Waals surface area contributed by atoms with Crippen molar-refractivity contribution in [3.63, 3.8) is 0 Å². The van der Waals surface area contributed by atoms with Gasteiger partial charge in [0.25, 0.3) is 5.95 Å². The minimum Gasteiger partial charge on any atom is -0.302 e. The van der Waals surface area contributed by atoms with Crippen LogP contribution in [-0.2, 0) is 11.2 Å². The lowest BCUT2D eigenvalue weighted by atomic mass is 10.1. The molecule has 0 radical (unpaired) electrons. The topological polar surface area (TPSA) is 85.6 Å². The number of hydrogen-bond donors (Lipinski definition) is 1. The van der Waals surface area contributed by atoms with E-state index in [2.05, 4.69) is 25.4 Å². The van der Waals surface area contributed by atoms with Crippen molar-refractivity contribution in [2.45, 2.75) is 41.0 Å². The largest absolute Gasteiger partial charge is 0.302 e. The smallest absolute Gasteiger partial charge is 0.251 e. The molecule has 0 aliphatic heterocycles. The van der Waals surface area contributed by atoms with Gasteiger partial charge in [0.05, 0.1) is 17.8 Å². The molecule has 4 rings (SSSR count). The number of nitrogens with one attached hydrogen (secondary N) is 1. The molecule has 0 fully saturated rings. The highest BCUT2D eigenvalue weighted by atomic mass is 32.1. The minimum atomic E-state index is -0.298. The molecule has 9 heteroatoms. The van der Waals surface area contributed by atoms with Gasteiger partial charge in [-0.3, -0.25) is 4.79 Å². The van der Waals surface area contributed by atoms with Gasteiger partial charge in [0.15, 0.2) is 5.13 Å². The second kappa shape index (κ2) is 8.58. The summed E-state index contributed by atoms with van der Waals surface area (Å²) in [4.78, 5) is 27.2. The third-order valence-electron chi connectivity index (χ3n) is 5.10. The van der Waals surface area contributed by atoms with Gasteiger partial charge in [-0.1, -0.05) is 0 Å². The Morgan fingerprint density at radius 1 is 1.03 bits per heavy atom. The van der Waals surface area contributed by atoms with Crippen LogP contribution in [0.4, 0.5) is 9.52 Å². The zero-order valence-electron chi connectivity index (χ0n) is 18.5. The van der Waals surface area contributed by atoms with Crippen molar-refractivity contribution in [2.75, 3.05) is 5.32 Å². The molecule has 0 spiro atoms. The molecule has 0 saturated heterocycles. The molecule has 0 unspecified atom stereocenters. The Hall–Kier alpha value is -3.46. The maximum atomic E-state index is 13.2. The van der Waals surface area contributed by atoms with E-state index in [4.69, 9.17) is 0 Å². The lowest BCUT2D eigenvalue weighted by Gasteiger charge is -2.06. The van der Waals surface area contributed by atoms with Crippen LogP contribution in [0.3, 0.4) is 0 Å². The Kier molecular flexibility index (Phi) is 5.84. The fourth-order valence-corrected chi connectivity index (χ4v) is 4.43. The molecule has 1 amide bonds. The first-order valence-corrected chi connectivity index (χ1v) is 10.9. The van der Waals surface area contributed by atoms with Crippen LogP contribution < -0.4 is 5.32 Å². The zero-order valence-corrected chi connectivity index (χ0v) is 19.3. The van der Waals surface area contributed by atoms with Crippen molar-refractivity contribution >= 4 is 22.4 Å². The van der Waals surface area contributed by atoms with Crippen LogP contribution in [0.25, 0.3) is 17.2 Å². The summed E-state index contributed by atoms with van der Waals surface area (Å²) in [7, 11) is 0. The molecule has 3 aromatic heterocycles. The van der Waals surface area contributed by atoms with Crippen LogP contribution >= 0.6 is 11.3 Å². The van der Waals surface area contributed by atoms with Gasteiger partial charge < -0.3 is 5.32 Å². The number of rotatable bonds is 5. The van der Waals surface area contributed by atoms with Gasteiger partial charge in [0.2, 0.25) is 5.91 Å². The van der Waals surface area contributed by atoms with E-state index in [1.165, 1.54) is 23.5 Å². The fourth-order valence-electron chi connectivity index (χ4n) is 3.58. The first-order valence-electron chi connectivity index (χ1n) is 10.1. The van der Waals surface area contributed by atoms with Gasteiger partial charge >= 0.3 is 0 Å². The summed E-state index contributed by atoms with van der Waals surface area (Å²) in [5.74, 6) is 0.0124. The van der Waals surface area contributed by atoms with E-state index in [1.54, 1.807) is 16.8 Å². The van der Waals surface area contributed by atoms with Crippen molar-refractivity contribution in [3.8, 4) is 17.2 Å². The Labute approximate surface area is 189 Å². The maximum absolute atomic E-state index is 13.2. The van der Waals surface area contributed by atoms with E-state index in [-0.39, 0.29) is 18.1 Å². The van der Waals surface area contributed by atoms with Crippen molar-refractivity contribution in [1.82, 2.24) is 24.7 Å². The zero-order chi connectivity index (χ0) is 23.0. The molecule has 1 aromatic carbocycles. The molecular weight excluding hydrogens is 427 g/mol. The molecule has 1 N–H and O–H groups in total. The van der Waals surface area contributed by atoms with Crippen LogP contribution in [-0.4, -0.2) is 30.6 Å². The third-order valence-corrected chi connectivity index (χ3v) is 5.99. The Morgan fingerprint density at radius 3 is 2.34 bits per heavy atom. The van der Waals surface area contributed by atoms with Crippen LogP contribution in [0.2, 0.25) is 0 Å². The van der Waals surface area contributed by atoms with Gasteiger partial charge in [0.1, 0.15) is 5.82 Å². The number of nitrogens with zero attached hydrogens (tertiary/aromatic N) is 5. The first-order chi connectivity index (χ1) is 15.2. The molecule has 0 bridgehead atoms. The monoisotopic (exact) mass is 450 g/mol. The average molecular weight is 451 g/mol. The molecule has 0 aliphatic carbocycles. The standard InChI is InChI=1S/C23H23FN6OS/c1-12-10-13(2)26-22(25-12)30-15(4)19(14(3)29-30)11-20(31)27-23-28-21(16(5)32-23)17-6-8-18(24)9-7-17/h6-10H,11H2,1-5H3,(H,27,28,31). The van der Waals surface area contributed by atoms with E-state index in [9.17, 15) is 9.18 Å². The number of hydrogen-bond acceptors (Lipinski definition) is 6. The third kappa shape index (κ3) is 4.43. The highest BCUT2D eigenvalue weighted by molar-refractivity contribution is 7.16. The van der Waals surface area contributed by atoms with Crippen molar-refractivity contribution < 1.29 is 9.18 Å². The summed E-state index contributed by atoms with van der Waals surface area (Å²) in [5.41, 5.74) is 5.66.